The van der Waals surface area contributed by atoms with E-state index in [2.05, 4.69) is 0 Å². The first-order valence-electron chi connectivity index (χ1n) is 5.28. The minimum Gasteiger partial charge on any atom is -0.363 e. The average Bonchev–Trinajstić information content (AvgIpc) is 2.26. The first kappa shape index (κ1) is 12.5. The van der Waals surface area contributed by atoms with Gasteiger partial charge in [0.25, 0.3) is 0 Å². The molecule has 94 valence electrons. The predicted octanol–water partition coefficient (Wildman–Crippen LogP) is 0.0687. The Labute approximate surface area is 100 Å². The standard InChI is InChI=1S/C11H15NO4S/c1-8-3-5-10(6-4-8)17(15,16)12-7-11(13,14)9(12)2/h3-6,9,13-14H,7H2,1-2H3. The molecule has 0 spiro atoms. The Morgan fingerprint density at radius 2 is 1.82 bits per heavy atom. The van der Waals surface area contributed by atoms with Crippen molar-refractivity contribution in [1.29, 1.82) is 0 Å². The Bertz CT molecular complexity index is 521. The Balaban J connectivity index is 2.30. The van der Waals surface area contributed by atoms with Crippen LogP contribution >= 0.6 is 0 Å². The summed E-state index contributed by atoms with van der Waals surface area (Å²) in [4.78, 5) is 0.172. The van der Waals surface area contributed by atoms with E-state index in [0.717, 1.165) is 9.87 Å². The van der Waals surface area contributed by atoms with Gasteiger partial charge in [-0.2, -0.15) is 4.31 Å². The summed E-state index contributed by atoms with van der Waals surface area (Å²) in [5, 5.41) is 18.7. The second-order valence-corrected chi connectivity index (χ2v) is 6.31. The van der Waals surface area contributed by atoms with Crippen LogP contribution in [0.3, 0.4) is 0 Å². The molecule has 1 aliphatic rings. The smallest absolute Gasteiger partial charge is 0.243 e. The summed E-state index contributed by atoms with van der Waals surface area (Å²) in [5.74, 6) is -1.92. The molecule has 1 saturated heterocycles. The summed E-state index contributed by atoms with van der Waals surface area (Å²) in [7, 11) is -3.63. The largest absolute Gasteiger partial charge is 0.363 e. The third kappa shape index (κ3) is 1.97. The zero-order valence-electron chi connectivity index (χ0n) is 9.66. The molecule has 0 bridgehead atoms. The lowest BCUT2D eigenvalue weighted by Gasteiger charge is -2.47. The molecule has 0 amide bonds. The van der Waals surface area contributed by atoms with Gasteiger partial charge in [0.2, 0.25) is 10.0 Å². The second kappa shape index (κ2) is 3.78. The number of nitrogens with zero attached hydrogens (tertiary/aromatic N) is 1. The minimum atomic E-state index is -3.63. The van der Waals surface area contributed by atoms with Crippen molar-refractivity contribution in [3.8, 4) is 0 Å². The number of sulfonamides is 1. The van der Waals surface area contributed by atoms with E-state index in [0.29, 0.717) is 0 Å². The molecule has 1 aromatic rings. The van der Waals surface area contributed by atoms with Gasteiger partial charge in [0, 0.05) is 0 Å². The van der Waals surface area contributed by atoms with Gasteiger partial charge in [0.05, 0.1) is 17.5 Å². The molecule has 1 fully saturated rings. The van der Waals surface area contributed by atoms with E-state index in [1.807, 2.05) is 6.92 Å². The quantitative estimate of drug-likeness (QED) is 0.735. The van der Waals surface area contributed by atoms with E-state index in [1.54, 1.807) is 12.1 Å². The Kier molecular flexibility index (Phi) is 2.78. The van der Waals surface area contributed by atoms with Crippen LogP contribution in [0.25, 0.3) is 0 Å². The number of hydrogen-bond acceptors (Lipinski definition) is 4. The van der Waals surface area contributed by atoms with E-state index in [9.17, 15) is 18.6 Å². The second-order valence-electron chi connectivity index (χ2n) is 4.42. The molecular weight excluding hydrogens is 242 g/mol. The molecule has 6 heteroatoms. The van der Waals surface area contributed by atoms with Gasteiger partial charge in [-0.05, 0) is 26.0 Å². The highest BCUT2D eigenvalue weighted by atomic mass is 32.2. The van der Waals surface area contributed by atoms with E-state index >= 15 is 0 Å². The molecule has 0 radical (unpaired) electrons. The van der Waals surface area contributed by atoms with Crippen LogP contribution in [0, 0.1) is 6.92 Å². The highest BCUT2D eigenvalue weighted by Crippen LogP contribution is 2.32. The van der Waals surface area contributed by atoms with Gasteiger partial charge in [0.15, 0.2) is 5.79 Å². The minimum absolute atomic E-state index is 0.172. The summed E-state index contributed by atoms with van der Waals surface area (Å²) in [5.41, 5.74) is 0.972. The lowest BCUT2D eigenvalue weighted by atomic mass is 10.0. The lowest BCUT2D eigenvalue weighted by Crippen LogP contribution is -2.69. The van der Waals surface area contributed by atoms with Gasteiger partial charge in [-0.3, -0.25) is 0 Å². The number of benzene rings is 1. The molecular formula is C11H15NO4S. The van der Waals surface area contributed by atoms with E-state index in [-0.39, 0.29) is 11.4 Å². The predicted molar refractivity (Wildman–Crippen MR) is 61.7 cm³/mol. The number of aliphatic hydroxyl groups is 2. The van der Waals surface area contributed by atoms with Gasteiger partial charge in [0.1, 0.15) is 0 Å². The van der Waals surface area contributed by atoms with E-state index < -0.39 is 21.9 Å². The molecule has 5 nitrogen and oxygen atoms in total. The summed E-state index contributed by atoms with van der Waals surface area (Å²) in [6.45, 7) is 3.05. The molecule has 0 aliphatic carbocycles. The topological polar surface area (TPSA) is 77.8 Å². The maximum Gasteiger partial charge on any atom is 0.243 e. The Morgan fingerprint density at radius 1 is 1.29 bits per heavy atom. The number of β-amino-alcohol motifs (C(OH)–C–C–N with tert-alkyl or cyclic N) is 2. The molecule has 1 heterocycles. The molecule has 1 unspecified atom stereocenters. The number of rotatable bonds is 2. The van der Waals surface area contributed by atoms with Crippen LogP contribution in [0.5, 0.6) is 0 Å². The third-order valence-corrected chi connectivity index (χ3v) is 5.05. The molecule has 1 aromatic carbocycles. The van der Waals surface area contributed by atoms with Crippen molar-refractivity contribution in [2.75, 3.05) is 6.54 Å². The van der Waals surface area contributed by atoms with Crippen LogP contribution in [0.15, 0.2) is 29.2 Å². The Hall–Kier alpha value is -0.950. The molecule has 17 heavy (non-hydrogen) atoms. The van der Waals surface area contributed by atoms with Crippen molar-refractivity contribution in [3.63, 3.8) is 0 Å². The molecule has 0 saturated carbocycles. The van der Waals surface area contributed by atoms with Crippen LogP contribution in [-0.4, -0.2) is 41.3 Å². The van der Waals surface area contributed by atoms with Gasteiger partial charge in [-0.25, -0.2) is 8.42 Å². The molecule has 2 N–H and O–H groups in total. The summed E-state index contributed by atoms with van der Waals surface area (Å²) in [6, 6.07) is 5.64. The van der Waals surface area contributed by atoms with Crippen molar-refractivity contribution in [3.05, 3.63) is 29.8 Å². The summed E-state index contributed by atoms with van der Waals surface area (Å²) in [6.07, 6.45) is 0. The molecule has 0 aromatic heterocycles. The number of aryl methyl sites for hydroxylation is 1. The summed E-state index contributed by atoms with van der Waals surface area (Å²) < 4.78 is 25.3. The van der Waals surface area contributed by atoms with Crippen molar-refractivity contribution >= 4 is 10.0 Å². The van der Waals surface area contributed by atoms with Crippen molar-refractivity contribution in [2.24, 2.45) is 0 Å². The highest BCUT2D eigenvalue weighted by molar-refractivity contribution is 7.89. The SMILES string of the molecule is Cc1ccc(S(=O)(=O)N2CC(O)(O)C2C)cc1. The maximum absolute atomic E-state index is 12.1. The van der Waals surface area contributed by atoms with Crippen molar-refractivity contribution in [2.45, 2.75) is 30.6 Å². The average molecular weight is 257 g/mol. The van der Waals surface area contributed by atoms with Crippen LogP contribution in [0.2, 0.25) is 0 Å². The third-order valence-electron chi connectivity index (χ3n) is 3.12. The molecule has 1 atom stereocenters. The van der Waals surface area contributed by atoms with Gasteiger partial charge in [-0.1, -0.05) is 17.7 Å². The van der Waals surface area contributed by atoms with E-state index in [4.69, 9.17) is 0 Å². The molecule has 1 aliphatic heterocycles. The van der Waals surface area contributed by atoms with Crippen LogP contribution in [0.4, 0.5) is 0 Å². The summed E-state index contributed by atoms with van der Waals surface area (Å²) >= 11 is 0. The monoisotopic (exact) mass is 257 g/mol. The zero-order valence-corrected chi connectivity index (χ0v) is 10.5. The first-order chi connectivity index (χ1) is 7.75. The molecule has 2 rings (SSSR count). The van der Waals surface area contributed by atoms with Crippen molar-refractivity contribution in [1.82, 2.24) is 4.31 Å². The van der Waals surface area contributed by atoms with Crippen molar-refractivity contribution < 1.29 is 18.6 Å². The lowest BCUT2D eigenvalue weighted by molar-refractivity contribution is -0.253. The first-order valence-corrected chi connectivity index (χ1v) is 6.72. The van der Waals surface area contributed by atoms with Gasteiger partial charge in [-0.15, -0.1) is 0 Å². The normalized spacial score (nSPS) is 24.4. The zero-order chi connectivity index (χ0) is 12.8. The Morgan fingerprint density at radius 3 is 2.24 bits per heavy atom. The maximum atomic E-state index is 12.1. The fourth-order valence-corrected chi connectivity index (χ4v) is 3.45. The van der Waals surface area contributed by atoms with Crippen LogP contribution < -0.4 is 0 Å². The highest BCUT2D eigenvalue weighted by Gasteiger charge is 2.53. The number of hydrogen-bond donors (Lipinski definition) is 2. The van der Waals surface area contributed by atoms with Crippen LogP contribution in [-0.2, 0) is 10.0 Å². The van der Waals surface area contributed by atoms with Crippen LogP contribution in [0.1, 0.15) is 12.5 Å². The van der Waals surface area contributed by atoms with Gasteiger partial charge >= 0.3 is 0 Å². The van der Waals surface area contributed by atoms with E-state index in [1.165, 1.54) is 19.1 Å². The fraction of sp³-hybridized carbons (Fsp3) is 0.455. The fourth-order valence-electron chi connectivity index (χ4n) is 1.76. The van der Waals surface area contributed by atoms with Gasteiger partial charge < -0.3 is 10.2 Å².